The van der Waals surface area contributed by atoms with Gasteiger partial charge >= 0.3 is 0 Å². The van der Waals surface area contributed by atoms with Crippen LogP contribution in [0.2, 0.25) is 0 Å². The zero-order chi connectivity index (χ0) is 17.9. The van der Waals surface area contributed by atoms with Crippen molar-refractivity contribution in [1.29, 1.82) is 0 Å². The number of carbonyl (C=O) groups excluding carboxylic acids is 1. The molecule has 1 amide bonds. The highest BCUT2D eigenvalue weighted by Crippen LogP contribution is 2.49. The quantitative estimate of drug-likeness (QED) is 0.903. The van der Waals surface area contributed by atoms with E-state index in [1.165, 1.54) is 36.9 Å². The van der Waals surface area contributed by atoms with Crippen LogP contribution in [0.1, 0.15) is 57.1 Å². The number of aliphatic hydroxyl groups is 1. The third-order valence-electron chi connectivity index (χ3n) is 6.94. The number of fused-ring (bicyclic) bond motifs is 1. The molecule has 3 aliphatic rings. The number of pyridine rings is 1. The minimum atomic E-state index is -0.616. The number of likely N-dealkylation sites (tertiary alicyclic amines) is 1. The van der Waals surface area contributed by atoms with Crippen LogP contribution in [0, 0.1) is 11.3 Å². The molecule has 3 heterocycles. The van der Waals surface area contributed by atoms with Crippen LogP contribution in [-0.4, -0.2) is 44.2 Å². The lowest BCUT2D eigenvalue weighted by Crippen LogP contribution is -2.62. The number of rotatable bonds is 2. The van der Waals surface area contributed by atoms with Crippen molar-refractivity contribution < 1.29 is 9.90 Å². The van der Waals surface area contributed by atoms with Gasteiger partial charge in [0.15, 0.2) is 0 Å². The Balaban J connectivity index is 1.17. The molecule has 5 nitrogen and oxygen atoms in total. The second-order valence-corrected chi connectivity index (χ2v) is 9.21. The molecule has 1 spiro atoms. The largest absolute Gasteiger partial charge is 0.390 e. The topological polar surface area (TPSA) is 57.8 Å². The monoisotopic (exact) mass is 353 g/mol. The Kier molecular flexibility index (Phi) is 3.48. The van der Waals surface area contributed by atoms with E-state index in [9.17, 15) is 9.90 Å². The van der Waals surface area contributed by atoms with Crippen molar-refractivity contribution >= 4 is 11.4 Å². The number of nitrogens with zero attached hydrogens (tertiary/aromatic N) is 3. The van der Waals surface area contributed by atoms with E-state index in [2.05, 4.69) is 18.2 Å². The molecule has 1 saturated heterocycles. The van der Waals surface area contributed by atoms with Gasteiger partial charge in [-0.3, -0.25) is 4.79 Å². The summed E-state index contributed by atoms with van der Waals surface area (Å²) in [7, 11) is 0. The van der Waals surface area contributed by atoms with Gasteiger partial charge in [0.25, 0.3) is 0 Å². The summed E-state index contributed by atoms with van der Waals surface area (Å²) < 4.78 is 1.97. The van der Waals surface area contributed by atoms with Gasteiger partial charge in [-0.15, -0.1) is 0 Å². The van der Waals surface area contributed by atoms with Crippen molar-refractivity contribution in [3.05, 3.63) is 36.2 Å². The lowest BCUT2D eigenvalue weighted by molar-refractivity contribution is -0.163. The minimum absolute atomic E-state index is 0.0525. The van der Waals surface area contributed by atoms with Gasteiger partial charge in [0.2, 0.25) is 5.91 Å². The average molecular weight is 353 g/mol. The first-order valence-electron chi connectivity index (χ1n) is 9.89. The third-order valence-corrected chi connectivity index (χ3v) is 6.94. The van der Waals surface area contributed by atoms with E-state index in [1.54, 1.807) is 0 Å². The van der Waals surface area contributed by atoms with Crippen LogP contribution in [0.4, 0.5) is 0 Å². The van der Waals surface area contributed by atoms with E-state index >= 15 is 0 Å². The molecule has 0 bridgehead atoms. The van der Waals surface area contributed by atoms with Gasteiger partial charge in [-0.05, 0) is 63.6 Å². The molecule has 2 aromatic rings. The van der Waals surface area contributed by atoms with Crippen LogP contribution in [0.5, 0.6) is 0 Å². The van der Waals surface area contributed by atoms with Gasteiger partial charge in [-0.1, -0.05) is 6.07 Å². The highest BCUT2D eigenvalue weighted by molar-refractivity contribution is 5.81. The predicted octanol–water partition coefficient (Wildman–Crippen LogP) is 2.98. The Bertz CT molecular complexity index is 799. The summed E-state index contributed by atoms with van der Waals surface area (Å²) >= 11 is 0. The smallest absolute Gasteiger partial charge is 0.225 e. The number of amides is 1. The molecule has 2 saturated carbocycles. The first kappa shape index (κ1) is 16.3. The molecule has 3 fully saturated rings. The Morgan fingerprint density at radius 2 is 1.96 bits per heavy atom. The van der Waals surface area contributed by atoms with E-state index in [0.29, 0.717) is 24.2 Å². The molecule has 2 aromatic heterocycles. The van der Waals surface area contributed by atoms with Gasteiger partial charge in [-0.25, -0.2) is 4.52 Å². The second-order valence-electron chi connectivity index (χ2n) is 9.21. The summed E-state index contributed by atoms with van der Waals surface area (Å²) in [5.41, 5.74) is 2.11. The lowest BCUT2D eigenvalue weighted by atomic mass is 9.64. The molecule has 0 radical (unpaired) electrons. The van der Waals surface area contributed by atoms with Gasteiger partial charge in [0.05, 0.1) is 16.8 Å². The van der Waals surface area contributed by atoms with E-state index in [-0.39, 0.29) is 11.8 Å². The van der Waals surface area contributed by atoms with E-state index in [4.69, 9.17) is 5.10 Å². The van der Waals surface area contributed by atoms with Crippen LogP contribution in [-0.2, 0) is 4.79 Å². The van der Waals surface area contributed by atoms with Crippen LogP contribution < -0.4 is 0 Å². The molecule has 2 aliphatic carbocycles. The van der Waals surface area contributed by atoms with Crippen molar-refractivity contribution in [2.24, 2.45) is 11.3 Å². The standard InChI is InChI=1S/C21H27N3O2/c1-20(26)11-16(12-20)19(25)23-13-21(14-23)7-5-15(6-8-21)18-10-17-4-2-3-9-24(17)22-18/h2-4,9-10,15-16,26H,5-8,11-14H2,1H3. The summed E-state index contributed by atoms with van der Waals surface area (Å²) in [6.07, 6.45) is 8.00. The fourth-order valence-electron chi connectivity index (χ4n) is 5.35. The van der Waals surface area contributed by atoms with Crippen molar-refractivity contribution in [3.63, 3.8) is 0 Å². The molecule has 138 valence electrons. The molecular formula is C21H27N3O2. The molecule has 5 heteroatoms. The van der Waals surface area contributed by atoms with E-state index in [1.807, 2.05) is 28.6 Å². The highest BCUT2D eigenvalue weighted by Gasteiger charge is 2.51. The van der Waals surface area contributed by atoms with Gasteiger partial charge < -0.3 is 10.0 Å². The predicted molar refractivity (Wildman–Crippen MR) is 98.8 cm³/mol. The van der Waals surface area contributed by atoms with E-state index < -0.39 is 5.60 Å². The number of hydrogen-bond acceptors (Lipinski definition) is 3. The van der Waals surface area contributed by atoms with Gasteiger partial charge in [-0.2, -0.15) is 5.10 Å². The zero-order valence-electron chi connectivity index (χ0n) is 15.4. The number of aromatic nitrogens is 2. The highest BCUT2D eigenvalue weighted by atomic mass is 16.3. The Morgan fingerprint density at radius 1 is 1.23 bits per heavy atom. The first-order valence-corrected chi connectivity index (χ1v) is 9.89. The molecule has 1 N–H and O–H groups in total. The van der Waals surface area contributed by atoms with Gasteiger partial charge in [0.1, 0.15) is 0 Å². The Labute approximate surface area is 154 Å². The van der Waals surface area contributed by atoms with E-state index in [0.717, 1.165) is 13.1 Å². The molecule has 0 atom stereocenters. The van der Waals surface area contributed by atoms with Crippen LogP contribution in [0.3, 0.4) is 0 Å². The summed E-state index contributed by atoms with van der Waals surface area (Å²) in [5, 5.41) is 14.6. The van der Waals surface area contributed by atoms with Gasteiger partial charge in [0, 0.05) is 36.5 Å². The lowest BCUT2D eigenvalue weighted by Gasteiger charge is -2.55. The van der Waals surface area contributed by atoms with Crippen molar-refractivity contribution in [2.45, 2.75) is 57.0 Å². The van der Waals surface area contributed by atoms with Crippen molar-refractivity contribution in [3.8, 4) is 0 Å². The van der Waals surface area contributed by atoms with Crippen LogP contribution >= 0.6 is 0 Å². The fourth-order valence-corrected chi connectivity index (χ4v) is 5.35. The maximum atomic E-state index is 12.5. The molecule has 1 aliphatic heterocycles. The Hall–Kier alpha value is -1.88. The van der Waals surface area contributed by atoms with Crippen molar-refractivity contribution in [1.82, 2.24) is 14.5 Å². The second kappa shape index (κ2) is 5.56. The summed E-state index contributed by atoms with van der Waals surface area (Å²) in [5.74, 6) is 0.869. The molecule has 5 rings (SSSR count). The molecule has 26 heavy (non-hydrogen) atoms. The Morgan fingerprint density at radius 3 is 2.62 bits per heavy atom. The third kappa shape index (κ3) is 2.64. The summed E-state index contributed by atoms with van der Waals surface area (Å²) in [4.78, 5) is 14.5. The normalized spacial score (nSPS) is 31.0. The molecule has 0 aromatic carbocycles. The summed E-state index contributed by atoms with van der Waals surface area (Å²) in [6.45, 7) is 3.67. The number of carbonyl (C=O) groups is 1. The van der Waals surface area contributed by atoms with Crippen molar-refractivity contribution in [2.75, 3.05) is 13.1 Å². The SMILES string of the molecule is CC1(O)CC(C(=O)N2CC3(CCC(c4cc5ccccn5n4)CC3)C2)C1. The number of hydrogen-bond donors (Lipinski definition) is 1. The molecule has 0 unspecified atom stereocenters. The maximum Gasteiger partial charge on any atom is 0.225 e. The first-order chi connectivity index (χ1) is 12.4. The minimum Gasteiger partial charge on any atom is -0.390 e. The zero-order valence-corrected chi connectivity index (χ0v) is 15.4. The summed E-state index contributed by atoms with van der Waals surface area (Å²) in [6, 6.07) is 8.40. The maximum absolute atomic E-state index is 12.5. The van der Waals surface area contributed by atoms with Crippen LogP contribution in [0.15, 0.2) is 30.5 Å². The molecular weight excluding hydrogens is 326 g/mol. The fraction of sp³-hybridized carbons (Fsp3) is 0.619. The van der Waals surface area contributed by atoms with Crippen LogP contribution in [0.25, 0.3) is 5.52 Å². The average Bonchev–Trinajstić information content (AvgIpc) is 3.01.